The second-order valence-electron chi connectivity index (χ2n) is 6.16. The van der Waals surface area contributed by atoms with Crippen LogP contribution in [0.3, 0.4) is 0 Å². The molecule has 2 fully saturated rings. The highest BCUT2D eigenvalue weighted by Gasteiger charge is 2.62. The third-order valence-electron chi connectivity index (χ3n) is 5.28. The lowest BCUT2D eigenvalue weighted by Crippen LogP contribution is -2.38. The van der Waals surface area contributed by atoms with E-state index < -0.39 is 18.4 Å². The Kier molecular flexibility index (Phi) is 2.71. The Balaban J connectivity index is 2.06. The van der Waals surface area contributed by atoms with Gasteiger partial charge in [-0.25, -0.2) is 0 Å². The van der Waals surface area contributed by atoms with Gasteiger partial charge < -0.3 is 9.84 Å². The maximum absolute atomic E-state index is 11.4. The molecule has 0 amide bonds. The summed E-state index contributed by atoms with van der Waals surface area (Å²) in [4.78, 5) is 21.9. The Hall–Kier alpha value is -1.06. The molecule has 0 heterocycles. The number of esters is 1. The minimum atomic E-state index is -1.12. The number of hydrogen-bond donors (Lipinski definition) is 1. The fraction of sp³-hybridized carbons (Fsp3) is 0.846. The Morgan fingerprint density at radius 3 is 2.41 bits per heavy atom. The van der Waals surface area contributed by atoms with Crippen molar-refractivity contribution in [1.82, 2.24) is 0 Å². The van der Waals surface area contributed by atoms with Gasteiger partial charge in [-0.15, -0.1) is 0 Å². The normalized spacial score (nSPS) is 38.1. The second kappa shape index (κ2) is 3.72. The van der Waals surface area contributed by atoms with Crippen LogP contribution in [0.2, 0.25) is 0 Å². The van der Waals surface area contributed by atoms with Crippen molar-refractivity contribution in [2.45, 2.75) is 52.6 Å². The maximum Gasteiger partial charge on any atom is 0.317 e. The van der Waals surface area contributed by atoms with Gasteiger partial charge in [-0.05, 0) is 30.6 Å². The van der Waals surface area contributed by atoms with Gasteiger partial charge in [0, 0.05) is 5.41 Å². The number of ether oxygens (including phenoxy) is 1. The number of carbonyl (C=O) groups is 2. The van der Waals surface area contributed by atoms with Gasteiger partial charge in [0.05, 0.1) is 0 Å². The molecule has 0 aromatic carbocycles. The molecule has 0 radical (unpaired) electrons. The summed E-state index contributed by atoms with van der Waals surface area (Å²) in [6.45, 7) is 6.63. The van der Waals surface area contributed by atoms with E-state index in [-0.39, 0.29) is 16.9 Å². The fourth-order valence-corrected chi connectivity index (χ4v) is 3.63. The SMILES string of the molecule is CC1(C)[C@@H]2CC[C@]1(C)[C@@H](OC(=O)CC(=O)O)C2. The van der Waals surface area contributed by atoms with Gasteiger partial charge in [-0.2, -0.15) is 0 Å². The van der Waals surface area contributed by atoms with Crippen molar-refractivity contribution in [1.29, 1.82) is 0 Å². The summed E-state index contributed by atoms with van der Waals surface area (Å²) in [6, 6.07) is 0. The van der Waals surface area contributed by atoms with Crippen LogP contribution in [-0.2, 0) is 14.3 Å². The molecule has 2 aliphatic carbocycles. The Morgan fingerprint density at radius 1 is 1.35 bits per heavy atom. The molecule has 2 rings (SSSR count). The highest BCUT2D eigenvalue weighted by Crippen LogP contribution is 2.66. The number of rotatable bonds is 3. The molecule has 2 saturated carbocycles. The van der Waals surface area contributed by atoms with E-state index in [0.29, 0.717) is 5.92 Å². The topological polar surface area (TPSA) is 63.6 Å². The predicted molar refractivity (Wildman–Crippen MR) is 61.4 cm³/mol. The monoisotopic (exact) mass is 240 g/mol. The molecule has 4 nitrogen and oxygen atoms in total. The van der Waals surface area contributed by atoms with Gasteiger partial charge in [0.2, 0.25) is 0 Å². The molecule has 2 bridgehead atoms. The van der Waals surface area contributed by atoms with Crippen LogP contribution in [0.15, 0.2) is 0 Å². The van der Waals surface area contributed by atoms with E-state index in [2.05, 4.69) is 20.8 Å². The van der Waals surface area contributed by atoms with Crippen LogP contribution in [0.1, 0.15) is 46.5 Å². The van der Waals surface area contributed by atoms with E-state index in [9.17, 15) is 9.59 Å². The van der Waals surface area contributed by atoms with Crippen LogP contribution in [0.4, 0.5) is 0 Å². The maximum atomic E-state index is 11.4. The van der Waals surface area contributed by atoms with E-state index in [1.165, 1.54) is 6.42 Å². The lowest BCUT2D eigenvalue weighted by atomic mass is 9.70. The smallest absolute Gasteiger partial charge is 0.317 e. The largest absolute Gasteiger partial charge is 0.481 e. The summed E-state index contributed by atoms with van der Waals surface area (Å²) in [5.74, 6) is -1.13. The van der Waals surface area contributed by atoms with E-state index in [1.54, 1.807) is 0 Å². The first-order chi connectivity index (χ1) is 7.77. The highest BCUT2D eigenvalue weighted by molar-refractivity contribution is 5.90. The van der Waals surface area contributed by atoms with E-state index >= 15 is 0 Å². The summed E-state index contributed by atoms with van der Waals surface area (Å²) < 4.78 is 5.37. The molecule has 3 atom stereocenters. The van der Waals surface area contributed by atoms with Gasteiger partial charge in [0.25, 0.3) is 0 Å². The van der Waals surface area contributed by atoms with Gasteiger partial charge in [-0.1, -0.05) is 20.8 Å². The Labute approximate surface area is 101 Å². The lowest BCUT2D eigenvalue weighted by molar-refractivity contribution is -0.161. The molecule has 0 spiro atoms. The van der Waals surface area contributed by atoms with Crippen LogP contribution in [-0.4, -0.2) is 23.1 Å². The number of aliphatic carboxylic acids is 1. The van der Waals surface area contributed by atoms with E-state index in [0.717, 1.165) is 12.8 Å². The molecule has 96 valence electrons. The molecule has 4 heteroatoms. The first-order valence-corrected chi connectivity index (χ1v) is 6.18. The third kappa shape index (κ3) is 1.74. The second-order valence-corrected chi connectivity index (χ2v) is 6.16. The van der Waals surface area contributed by atoms with Crippen molar-refractivity contribution in [3.63, 3.8) is 0 Å². The number of carboxylic acids is 1. The van der Waals surface area contributed by atoms with Gasteiger partial charge >= 0.3 is 11.9 Å². The van der Waals surface area contributed by atoms with Gasteiger partial charge in [0.15, 0.2) is 0 Å². The summed E-state index contributed by atoms with van der Waals surface area (Å²) in [6.07, 6.45) is 2.50. The molecule has 0 unspecified atom stereocenters. The number of carbonyl (C=O) groups excluding carboxylic acids is 1. The van der Waals surface area contributed by atoms with Crippen molar-refractivity contribution >= 4 is 11.9 Å². The number of fused-ring (bicyclic) bond motifs is 2. The zero-order chi connectivity index (χ0) is 12.8. The van der Waals surface area contributed by atoms with Crippen molar-refractivity contribution in [3.05, 3.63) is 0 Å². The van der Waals surface area contributed by atoms with Crippen LogP contribution in [0.25, 0.3) is 0 Å². The molecule has 0 aromatic rings. The third-order valence-corrected chi connectivity index (χ3v) is 5.28. The zero-order valence-electron chi connectivity index (χ0n) is 10.7. The minimum absolute atomic E-state index is 0.00578. The molecular weight excluding hydrogens is 220 g/mol. The highest BCUT2D eigenvalue weighted by atomic mass is 16.5. The van der Waals surface area contributed by atoms with E-state index in [1.807, 2.05) is 0 Å². The van der Waals surface area contributed by atoms with Crippen LogP contribution < -0.4 is 0 Å². The van der Waals surface area contributed by atoms with Crippen molar-refractivity contribution in [3.8, 4) is 0 Å². The molecular formula is C13H20O4. The molecule has 2 aliphatic rings. The molecule has 1 N–H and O–H groups in total. The molecule has 17 heavy (non-hydrogen) atoms. The lowest BCUT2D eigenvalue weighted by Gasteiger charge is -2.38. The van der Waals surface area contributed by atoms with Crippen LogP contribution >= 0.6 is 0 Å². The van der Waals surface area contributed by atoms with Gasteiger partial charge in [0.1, 0.15) is 12.5 Å². The molecule has 0 aliphatic heterocycles. The van der Waals surface area contributed by atoms with Crippen LogP contribution in [0, 0.1) is 16.7 Å². The summed E-state index contributed by atoms with van der Waals surface area (Å²) >= 11 is 0. The average molecular weight is 240 g/mol. The van der Waals surface area contributed by atoms with Crippen molar-refractivity contribution in [2.24, 2.45) is 16.7 Å². The summed E-state index contributed by atoms with van der Waals surface area (Å²) in [7, 11) is 0. The predicted octanol–water partition coefficient (Wildman–Crippen LogP) is 2.22. The average Bonchev–Trinajstić information content (AvgIpc) is 2.49. The van der Waals surface area contributed by atoms with Crippen molar-refractivity contribution < 1.29 is 19.4 Å². The zero-order valence-corrected chi connectivity index (χ0v) is 10.7. The quantitative estimate of drug-likeness (QED) is 0.607. The number of carboxylic acid groups (broad SMARTS) is 1. The van der Waals surface area contributed by atoms with E-state index in [4.69, 9.17) is 9.84 Å². The molecule has 0 aromatic heterocycles. The first kappa shape index (κ1) is 12.4. The molecule has 0 saturated heterocycles. The minimum Gasteiger partial charge on any atom is -0.481 e. The summed E-state index contributed by atoms with van der Waals surface area (Å²) in [5, 5.41) is 8.56. The Bertz CT molecular complexity index is 360. The number of hydrogen-bond acceptors (Lipinski definition) is 3. The van der Waals surface area contributed by atoms with Gasteiger partial charge in [-0.3, -0.25) is 9.59 Å². The Morgan fingerprint density at radius 2 is 2.00 bits per heavy atom. The van der Waals surface area contributed by atoms with Crippen molar-refractivity contribution in [2.75, 3.05) is 0 Å². The fourth-order valence-electron chi connectivity index (χ4n) is 3.63. The van der Waals surface area contributed by atoms with Crippen LogP contribution in [0.5, 0.6) is 0 Å². The standard InChI is InChI=1S/C13H20O4/c1-12(2)8-4-5-13(12,3)9(6-8)17-11(16)7-10(14)15/h8-9H,4-7H2,1-3H3,(H,14,15)/t8-,9+,13-/m1/s1. The summed E-state index contributed by atoms with van der Waals surface area (Å²) in [5.41, 5.74) is 0.188. The first-order valence-electron chi connectivity index (χ1n) is 6.18.